The highest BCUT2D eigenvalue weighted by Crippen LogP contribution is 2.25. The number of hydrogen-bond acceptors (Lipinski definition) is 3. The monoisotopic (exact) mass is 325 g/mol. The van der Waals surface area contributed by atoms with Crippen molar-refractivity contribution in [1.29, 1.82) is 0 Å². The van der Waals surface area contributed by atoms with E-state index in [1.807, 2.05) is 26.1 Å². The van der Waals surface area contributed by atoms with Crippen LogP contribution >= 0.6 is 15.9 Å². The molecule has 2 atom stereocenters. The van der Waals surface area contributed by atoms with Crippen LogP contribution in [0.5, 0.6) is 0 Å². The van der Waals surface area contributed by atoms with E-state index in [0.29, 0.717) is 0 Å². The van der Waals surface area contributed by atoms with Crippen LogP contribution in [0.3, 0.4) is 0 Å². The van der Waals surface area contributed by atoms with Crippen molar-refractivity contribution < 1.29 is 4.79 Å². The van der Waals surface area contributed by atoms with Crippen molar-refractivity contribution in [3.63, 3.8) is 0 Å². The summed E-state index contributed by atoms with van der Waals surface area (Å²) < 4.78 is 1.04. The highest BCUT2D eigenvalue weighted by Gasteiger charge is 2.32. The number of nitrogens with zero attached hydrogens (tertiary/aromatic N) is 1. The van der Waals surface area contributed by atoms with Gasteiger partial charge in [-0.05, 0) is 45.1 Å². The van der Waals surface area contributed by atoms with E-state index in [9.17, 15) is 4.79 Å². The third-order valence-corrected chi connectivity index (χ3v) is 3.84. The fraction of sp³-hybridized carbons (Fsp3) is 0.500. The lowest BCUT2D eigenvalue weighted by molar-refractivity contribution is -0.124. The van der Waals surface area contributed by atoms with Crippen LogP contribution in [0, 0.1) is 0 Å². The fourth-order valence-corrected chi connectivity index (χ4v) is 2.84. The molecule has 1 fully saturated rings. The molecule has 1 amide bonds. The Morgan fingerprint density at radius 2 is 2.32 bits per heavy atom. The lowest BCUT2D eigenvalue weighted by Crippen LogP contribution is -2.59. The van der Waals surface area contributed by atoms with E-state index < -0.39 is 0 Å². The Labute approximate surface area is 122 Å². The van der Waals surface area contributed by atoms with Gasteiger partial charge in [-0.3, -0.25) is 4.79 Å². The smallest absolute Gasteiger partial charge is 0.243 e. The van der Waals surface area contributed by atoms with E-state index in [-0.39, 0.29) is 18.0 Å². The molecule has 1 heterocycles. The first-order valence-corrected chi connectivity index (χ1v) is 7.38. The van der Waals surface area contributed by atoms with Crippen LogP contribution < -0.4 is 15.5 Å². The van der Waals surface area contributed by atoms with Crippen LogP contribution in [0.25, 0.3) is 0 Å². The van der Waals surface area contributed by atoms with Crippen LogP contribution in [0.4, 0.5) is 5.69 Å². The van der Waals surface area contributed by atoms with Crippen molar-refractivity contribution in [3.8, 4) is 0 Å². The number of piperazine rings is 1. The standard InChI is InChI=1S/C14H20BrN3O/c1-10-9-18(12-5-3-4-11(15)8-12)13(6-7-16-2)14(19)17-10/h3-5,8,10,13,16H,6-7,9H2,1-2H3,(H,17,19). The van der Waals surface area contributed by atoms with Crippen molar-refractivity contribution in [2.24, 2.45) is 0 Å². The Bertz CT molecular complexity index is 452. The van der Waals surface area contributed by atoms with Crippen molar-refractivity contribution >= 4 is 27.5 Å². The SMILES string of the molecule is CNCCC1C(=O)NC(C)CN1c1cccc(Br)c1. The molecule has 1 aromatic carbocycles. The van der Waals surface area contributed by atoms with Crippen LogP contribution in [0.1, 0.15) is 13.3 Å². The molecule has 0 aliphatic carbocycles. The summed E-state index contributed by atoms with van der Waals surface area (Å²) in [7, 11) is 1.91. The second-order valence-corrected chi connectivity index (χ2v) is 5.87. The number of halogens is 1. The molecule has 1 aliphatic heterocycles. The average molecular weight is 326 g/mol. The number of carbonyl (C=O) groups is 1. The first-order chi connectivity index (χ1) is 9.11. The zero-order chi connectivity index (χ0) is 13.8. The Morgan fingerprint density at radius 3 is 3.00 bits per heavy atom. The molecule has 4 nitrogen and oxygen atoms in total. The van der Waals surface area contributed by atoms with Crippen LogP contribution in [0.15, 0.2) is 28.7 Å². The summed E-state index contributed by atoms with van der Waals surface area (Å²) in [5.74, 6) is 0.119. The zero-order valence-corrected chi connectivity index (χ0v) is 12.9. The first-order valence-electron chi connectivity index (χ1n) is 6.59. The molecule has 0 saturated carbocycles. The molecule has 1 saturated heterocycles. The second kappa shape index (κ2) is 6.39. The van der Waals surface area contributed by atoms with E-state index in [1.165, 1.54) is 0 Å². The predicted molar refractivity (Wildman–Crippen MR) is 81.4 cm³/mol. The maximum absolute atomic E-state index is 12.2. The van der Waals surface area contributed by atoms with Gasteiger partial charge in [0.05, 0.1) is 0 Å². The minimum Gasteiger partial charge on any atom is -0.357 e. The van der Waals surface area contributed by atoms with Crippen LogP contribution in [-0.4, -0.2) is 38.1 Å². The average Bonchev–Trinajstić information content (AvgIpc) is 2.37. The Morgan fingerprint density at radius 1 is 1.53 bits per heavy atom. The zero-order valence-electron chi connectivity index (χ0n) is 11.3. The van der Waals surface area contributed by atoms with Gasteiger partial charge >= 0.3 is 0 Å². The minimum atomic E-state index is -0.0991. The van der Waals surface area contributed by atoms with Gasteiger partial charge < -0.3 is 15.5 Å². The Balaban J connectivity index is 2.24. The molecule has 2 unspecified atom stereocenters. The lowest BCUT2D eigenvalue weighted by atomic mass is 10.0. The van der Waals surface area contributed by atoms with Gasteiger partial charge in [0.15, 0.2) is 0 Å². The summed E-state index contributed by atoms with van der Waals surface area (Å²) >= 11 is 3.49. The van der Waals surface area contributed by atoms with Gasteiger partial charge in [0.2, 0.25) is 5.91 Å². The highest BCUT2D eigenvalue weighted by atomic mass is 79.9. The summed E-state index contributed by atoms with van der Waals surface area (Å²) in [5, 5.41) is 6.15. The number of rotatable bonds is 4. The number of carbonyl (C=O) groups excluding carboxylic acids is 1. The van der Waals surface area contributed by atoms with Gasteiger partial charge in [-0.1, -0.05) is 22.0 Å². The predicted octanol–water partition coefficient (Wildman–Crippen LogP) is 1.75. The first kappa shape index (κ1) is 14.3. The Kier molecular flexibility index (Phi) is 4.82. The number of hydrogen-bond donors (Lipinski definition) is 2. The summed E-state index contributed by atoms with van der Waals surface area (Å²) in [6.07, 6.45) is 0.807. The summed E-state index contributed by atoms with van der Waals surface area (Å²) in [5.41, 5.74) is 1.09. The molecule has 0 spiro atoms. The van der Waals surface area contributed by atoms with Crippen molar-refractivity contribution in [2.45, 2.75) is 25.4 Å². The normalized spacial score (nSPS) is 23.3. The quantitative estimate of drug-likeness (QED) is 0.886. The lowest BCUT2D eigenvalue weighted by Gasteiger charge is -2.40. The third-order valence-electron chi connectivity index (χ3n) is 3.35. The maximum atomic E-state index is 12.2. The molecule has 1 aliphatic rings. The molecule has 0 bridgehead atoms. The molecule has 0 radical (unpaired) electrons. The van der Waals surface area contributed by atoms with Gasteiger partial charge in [0.25, 0.3) is 0 Å². The third kappa shape index (κ3) is 3.48. The topological polar surface area (TPSA) is 44.4 Å². The van der Waals surface area contributed by atoms with Gasteiger partial charge in [-0.25, -0.2) is 0 Å². The molecule has 0 aromatic heterocycles. The molecule has 5 heteroatoms. The van der Waals surface area contributed by atoms with E-state index in [0.717, 1.165) is 29.7 Å². The largest absolute Gasteiger partial charge is 0.357 e. The molecular formula is C14H20BrN3O. The number of nitrogens with one attached hydrogen (secondary N) is 2. The van der Waals surface area contributed by atoms with E-state index in [4.69, 9.17) is 0 Å². The fourth-order valence-electron chi connectivity index (χ4n) is 2.46. The van der Waals surface area contributed by atoms with Crippen molar-refractivity contribution in [2.75, 3.05) is 25.0 Å². The van der Waals surface area contributed by atoms with Crippen molar-refractivity contribution in [3.05, 3.63) is 28.7 Å². The van der Waals surface area contributed by atoms with Gasteiger partial charge in [-0.2, -0.15) is 0 Å². The van der Waals surface area contributed by atoms with Crippen LogP contribution in [0.2, 0.25) is 0 Å². The van der Waals surface area contributed by atoms with Crippen molar-refractivity contribution in [1.82, 2.24) is 10.6 Å². The van der Waals surface area contributed by atoms with E-state index in [1.54, 1.807) is 0 Å². The van der Waals surface area contributed by atoms with E-state index in [2.05, 4.69) is 43.6 Å². The number of benzene rings is 1. The maximum Gasteiger partial charge on any atom is 0.243 e. The molecule has 2 N–H and O–H groups in total. The molecular weight excluding hydrogens is 306 g/mol. The molecule has 2 rings (SSSR count). The van der Waals surface area contributed by atoms with Gasteiger partial charge in [0.1, 0.15) is 6.04 Å². The van der Waals surface area contributed by atoms with Gasteiger partial charge in [-0.15, -0.1) is 0 Å². The minimum absolute atomic E-state index is 0.0991. The van der Waals surface area contributed by atoms with Gasteiger partial charge in [0, 0.05) is 22.7 Å². The van der Waals surface area contributed by atoms with Crippen LogP contribution in [-0.2, 0) is 4.79 Å². The molecule has 1 aromatic rings. The summed E-state index contributed by atoms with van der Waals surface area (Å²) in [6.45, 7) is 3.71. The molecule has 104 valence electrons. The Hall–Kier alpha value is -1.07. The number of anilines is 1. The summed E-state index contributed by atoms with van der Waals surface area (Å²) in [4.78, 5) is 14.4. The second-order valence-electron chi connectivity index (χ2n) is 4.95. The molecule has 19 heavy (non-hydrogen) atoms. The summed E-state index contributed by atoms with van der Waals surface area (Å²) in [6, 6.07) is 8.21. The van der Waals surface area contributed by atoms with E-state index >= 15 is 0 Å². The number of amides is 1. The highest BCUT2D eigenvalue weighted by molar-refractivity contribution is 9.10.